The van der Waals surface area contributed by atoms with E-state index in [1.165, 1.54) is 0 Å². The zero-order chi connectivity index (χ0) is 9.97. The minimum Gasteiger partial charge on any atom is -0.394 e. The normalized spacial score (nSPS) is 37.6. The highest BCUT2D eigenvalue weighted by Gasteiger charge is 2.37. The fourth-order valence-corrected chi connectivity index (χ4v) is 1.03. The van der Waals surface area contributed by atoms with E-state index in [-0.39, 0.29) is 37.6 Å². The summed E-state index contributed by atoms with van der Waals surface area (Å²) in [7, 11) is 0. The van der Waals surface area contributed by atoms with Crippen LogP contribution in [0.2, 0.25) is 0 Å². The Morgan fingerprint density at radius 3 is 1.57 bits per heavy atom. The molecular formula is C10H10O4. The molecule has 0 aromatic carbocycles. The molecule has 4 unspecified atom stereocenters. The number of aliphatic hydroxyl groups excluding tert-OH is 2. The fraction of sp³-hybridized carbons (Fsp3) is 0.600. The van der Waals surface area contributed by atoms with Crippen LogP contribution in [0, 0.1) is 23.7 Å². The highest BCUT2D eigenvalue weighted by Crippen LogP contribution is 2.20. The van der Waals surface area contributed by atoms with Crippen molar-refractivity contribution in [2.45, 2.75) is 24.4 Å². The van der Waals surface area contributed by atoms with Crippen LogP contribution in [0.15, 0.2) is 0 Å². The van der Waals surface area contributed by atoms with Gasteiger partial charge in [0, 0.05) is 0 Å². The van der Waals surface area contributed by atoms with E-state index in [1.54, 1.807) is 0 Å². The van der Waals surface area contributed by atoms with Crippen LogP contribution in [0.25, 0.3) is 0 Å². The molecule has 4 nitrogen and oxygen atoms in total. The maximum Gasteiger partial charge on any atom is 0.148 e. The lowest BCUT2D eigenvalue weighted by Crippen LogP contribution is -1.96. The molecule has 2 aliphatic heterocycles. The van der Waals surface area contributed by atoms with Gasteiger partial charge in [0.1, 0.15) is 24.4 Å². The molecule has 0 aromatic rings. The molecule has 0 aromatic heterocycles. The lowest BCUT2D eigenvalue weighted by atomic mass is 10.3. The average Bonchev–Trinajstić information content (AvgIpc) is 3.08. The molecule has 0 bridgehead atoms. The van der Waals surface area contributed by atoms with Crippen molar-refractivity contribution in [3.63, 3.8) is 0 Å². The van der Waals surface area contributed by atoms with Crippen molar-refractivity contribution in [3.05, 3.63) is 0 Å². The third-order valence-corrected chi connectivity index (χ3v) is 2.02. The van der Waals surface area contributed by atoms with Crippen molar-refractivity contribution in [1.29, 1.82) is 0 Å². The summed E-state index contributed by atoms with van der Waals surface area (Å²) < 4.78 is 9.94. The van der Waals surface area contributed by atoms with E-state index >= 15 is 0 Å². The van der Waals surface area contributed by atoms with Crippen LogP contribution in [0.1, 0.15) is 0 Å². The van der Waals surface area contributed by atoms with Crippen LogP contribution in [0.4, 0.5) is 0 Å². The van der Waals surface area contributed by atoms with Gasteiger partial charge in [-0.05, 0) is 11.8 Å². The third kappa shape index (κ3) is 2.25. The molecule has 0 spiro atoms. The van der Waals surface area contributed by atoms with Gasteiger partial charge in [0.25, 0.3) is 0 Å². The molecule has 0 saturated carbocycles. The second kappa shape index (κ2) is 4.00. The van der Waals surface area contributed by atoms with Crippen molar-refractivity contribution < 1.29 is 19.7 Å². The van der Waals surface area contributed by atoms with Crippen molar-refractivity contribution in [3.8, 4) is 23.7 Å². The van der Waals surface area contributed by atoms with E-state index in [2.05, 4.69) is 23.7 Å². The van der Waals surface area contributed by atoms with Gasteiger partial charge >= 0.3 is 0 Å². The standard InChI is InChI=1S/C10H10O4/c11-5-9-7(13-9)3-1-2-4-8-10(6-12)14-8/h7-12H,5-6H2. The van der Waals surface area contributed by atoms with E-state index in [0.717, 1.165) is 0 Å². The largest absolute Gasteiger partial charge is 0.394 e. The Morgan fingerprint density at radius 2 is 1.29 bits per heavy atom. The monoisotopic (exact) mass is 194 g/mol. The molecule has 2 rings (SSSR count). The van der Waals surface area contributed by atoms with Gasteiger partial charge in [-0.3, -0.25) is 0 Å². The highest BCUT2D eigenvalue weighted by atomic mass is 16.6. The highest BCUT2D eigenvalue weighted by molar-refractivity contribution is 5.32. The van der Waals surface area contributed by atoms with E-state index in [9.17, 15) is 0 Å². The summed E-state index contributed by atoms with van der Waals surface area (Å²) in [4.78, 5) is 0. The van der Waals surface area contributed by atoms with Gasteiger partial charge in [0.05, 0.1) is 13.2 Å². The molecule has 0 aliphatic carbocycles. The first-order chi connectivity index (χ1) is 6.85. The number of rotatable bonds is 2. The maximum absolute atomic E-state index is 8.62. The first-order valence-electron chi connectivity index (χ1n) is 4.39. The van der Waals surface area contributed by atoms with E-state index in [1.807, 2.05) is 0 Å². The van der Waals surface area contributed by atoms with E-state index in [0.29, 0.717) is 0 Å². The molecular weight excluding hydrogens is 184 g/mol. The molecule has 2 fully saturated rings. The molecule has 74 valence electrons. The molecule has 2 N–H and O–H groups in total. The number of epoxide rings is 2. The Balaban J connectivity index is 1.72. The molecule has 14 heavy (non-hydrogen) atoms. The second-order valence-corrected chi connectivity index (χ2v) is 3.09. The summed E-state index contributed by atoms with van der Waals surface area (Å²) in [5.74, 6) is 10.7. The summed E-state index contributed by atoms with van der Waals surface area (Å²) >= 11 is 0. The van der Waals surface area contributed by atoms with Crippen LogP contribution < -0.4 is 0 Å². The topological polar surface area (TPSA) is 65.5 Å². The van der Waals surface area contributed by atoms with Crippen LogP contribution in [0.3, 0.4) is 0 Å². The van der Waals surface area contributed by atoms with Gasteiger partial charge in [-0.25, -0.2) is 0 Å². The number of ether oxygens (including phenoxy) is 2. The quantitative estimate of drug-likeness (QED) is 0.415. The first-order valence-corrected chi connectivity index (χ1v) is 4.39. The predicted molar refractivity (Wildman–Crippen MR) is 47.0 cm³/mol. The Hall–Kier alpha value is -1.04. The first kappa shape index (κ1) is 9.51. The Kier molecular flexibility index (Phi) is 2.72. The summed E-state index contributed by atoms with van der Waals surface area (Å²) in [6.07, 6.45) is -0.593. The van der Waals surface area contributed by atoms with Gasteiger partial charge in [-0.1, -0.05) is 11.8 Å². The lowest BCUT2D eigenvalue weighted by molar-refractivity contribution is 0.243. The fourth-order valence-electron chi connectivity index (χ4n) is 1.03. The van der Waals surface area contributed by atoms with Crippen LogP contribution in [-0.2, 0) is 9.47 Å². The van der Waals surface area contributed by atoms with Gasteiger partial charge in [-0.2, -0.15) is 0 Å². The Morgan fingerprint density at radius 1 is 0.857 bits per heavy atom. The maximum atomic E-state index is 8.62. The molecule has 2 aliphatic rings. The number of aliphatic hydroxyl groups is 2. The summed E-state index contributed by atoms with van der Waals surface area (Å²) in [5, 5.41) is 17.2. The molecule has 0 radical (unpaired) electrons. The van der Waals surface area contributed by atoms with E-state index in [4.69, 9.17) is 19.7 Å². The molecule has 4 heteroatoms. The summed E-state index contributed by atoms with van der Waals surface area (Å²) in [6, 6.07) is 0. The average molecular weight is 194 g/mol. The van der Waals surface area contributed by atoms with Crippen LogP contribution >= 0.6 is 0 Å². The van der Waals surface area contributed by atoms with Crippen molar-refractivity contribution >= 4 is 0 Å². The summed E-state index contributed by atoms with van der Waals surface area (Å²) in [5.41, 5.74) is 0. The zero-order valence-electron chi connectivity index (χ0n) is 7.43. The van der Waals surface area contributed by atoms with Gasteiger partial charge in [-0.15, -0.1) is 0 Å². The Bertz CT molecular complexity index is 296. The minimum atomic E-state index is -0.164. The van der Waals surface area contributed by atoms with Crippen molar-refractivity contribution in [1.82, 2.24) is 0 Å². The van der Waals surface area contributed by atoms with Crippen molar-refractivity contribution in [2.75, 3.05) is 13.2 Å². The minimum absolute atomic E-state index is 0.00506. The SMILES string of the molecule is OCC1OC1C#CC#CC1OC1CO. The second-order valence-electron chi connectivity index (χ2n) is 3.09. The number of hydrogen-bond acceptors (Lipinski definition) is 4. The van der Waals surface area contributed by atoms with Gasteiger partial charge in [0.2, 0.25) is 0 Å². The zero-order valence-corrected chi connectivity index (χ0v) is 7.43. The molecule has 4 atom stereocenters. The van der Waals surface area contributed by atoms with Crippen LogP contribution in [0.5, 0.6) is 0 Å². The number of hydrogen-bond donors (Lipinski definition) is 2. The van der Waals surface area contributed by atoms with Crippen molar-refractivity contribution in [2.24, 2.45) is 0 Å². The third-order valence-electron chi connectivity index (χ3n) is 2.02. The van der Waals surface area contributed by atoms with Crippen LogP contribution in [-0.4, -0.2) is 47.8 Å². The molecule has 2 heterocycles. The van der Waals surface area contributed by atoms with E-state index < -0.39 is 0 Å². The Labute approximate surface area is 81.8 Å². The molecule has 0 amide bonds. The van der Waals surface area contributed by atoms with Gasteiger partial charge in [0.15, 0.2) is 0 Å². The smallest absolute Gasteiger partial charge is 0.148 e. The lowest BCUT2D eigenvalue weighted by Gasteiger charge is -1.74. The molecule has 2 saturated heterocycles. The summed E-state index contributed by atoms with van der Waals surface area (Å²) in [6.45, 7) is 0.0101. The predicted octanol–water partition coefficient (Wildman–Crippen LogP) is -1.49. The van der Waals surface area contributed by atoms with Gasteiger partial charge < -0.3 is 19.7 Å².